The first-order valence-electron chi connectivity index (χ1n) is 8.47. The smallest absolute Gasteiger partial charge is 0.260 e. The lowest BCUT2D eigenvalue weighted by Crippen LogP contribution is -2.13. The van der Waals surface area contributed by atoms with Crippen molar-refractivity contribution in [3.63, 3.8) is 0 Å². The van der Waals surface area contributed by atoms with Crippen molar-refractivity contribution >= 4 is 57.2 Å². The largest absolute Gasteiger partial charge is 0.361 e. The number of rotatable bonds is 8. The SMILES string of the molecule is Cc1cc(CSc2ncccc2C(=O)Nc2nnc(SCc3cccs3)s2)no1. The van der Waals surface area contributed by atoms with Gasteiger partial charge in [0.2, 0.25) is 5.13 Å². The minimum Gasteiger partial charge on any atom is -0.361 e. The molecule has 0 atom stereocenters. The van der Waals surface area contributed by atoms with Gasteiger partial charge in [0.25, 0.3) is 5.91 Å². The van der Waals surface area contributed by atoms with E-state index in [1.165, 1.54) is 28.0 Å². The molecular weight excluding hydrogens is 446 g/mol. The molecule has 0 fully saturated rings. The fraction of sp³-hybridized carbons (Fsp3) is 0.167. The molecule has 0 aromatic carbocycles. The van der Waals surface area contributed by atoms with Crippen LogP contribution in [0.1, 0.15) is 26.7 Å². The first kappa shape index (κ1) is 20.1. The molecule has 0 aliphatic heterocycles. The van der Waals surface area contributed by atoms with Crippen LogP contribution in [0.4, 0.5) is 5.13 Å². The van der Waals surface area contributed by atoms with E-state index >= 15 is 0 Å². The number of anilines is 1. The van der Waals surface area contributed by atoms with Gasteiger partial charge in [0.1, 0.15) is 10.8 Å². The number of nitrogens with zero attached hydrogens (tertiary/aromatic N) is 4. The molecule has 1 amide bonds. The molecule has 4 aromatic rings. The lowest BCUT2D eigenvalue weighted by Gasteiger charge is -2.06. The molecule has 0 aliphatic carbocycles. The van der Waals surface area contributed by atoms with Gasteiger partial charge in [-0.2, -0.15) is 0 Å². The summed E-state index contributed by atoms with van der Waals surface area (Å²) in [5.74, 6) is 1.90. The second-order valence-corrected chi connectivity index (χ2v) is 9.97. The Hall–Kier alpha value is -2.21. The summed E-state index contributed by atoms with van der Waals surface area (Å²) in [6, 6.07) is 9.46. The summed E-state index contributed by atoms with van der Waals surface area (Å²) in [5.41, 5.74) is 1.29. The Morgan fingerprint density at radius 3 is 2.93 bits per heavy atom. The van der Waals surface area contributed by atoms with Crippen LogP contribution >= 0.6 is 46.2 Å². The van der Waals surface area contributed by atoms with Crippen molar-refractivity contribution in [1.82, 2.24) is 20.3 Å². The summed E-state index contributed by atoms with van der Waals surface area (Å²) >= 11 is 6.11. The molecule has 29 heavy (non-hydrogen) atoms. The second-order valence-electron chi connectivity index (χ2n) is 5.77. The minimum absolute atomic E-state index is 0.261. The maximum atomic E-state index is 12.7. The van der Waals surface area contributed by atoms with Crippen molar-refractivity contribution in [3.8, 4) is 0 Å². The van der Waals surface area contributed by atoms with Crippen LogP contribution < -0.4 is 5.32 Å². The Morgan fingerprint density at radius 2 is 2.14 bits per heavy atom. The summed E-state index contributed by atoms with van der Waals surface area (Å²) in [6.07, 6.45) is 1.66. The highest BCUT2D eigenvalue weighted by Crippen LogP contribution is 2.30. The van der Waals surface area contributed by atoms with Gasteiger partial charge in [0.05, 0.1) is 11.3 Å². The van der Waals surface area contributed by atoms with Crippen LogP contribution in [0.3, 0.4) is 0 Å². The van der Waals surface area contributed by atoms with Gasteiger partial charge in [0.15, 0.2) is 4.34 Å². The number of hydrogen-bond acceptors (Lipinski definition) is 10. The first-order chi connectivity index (χ1) is 14.2. The third-order valence-corrected chi connectivity index (χ3v) is 7.71. The Morgan fingerprint density at radius 1 is 1.21 bits per heavy atom. The van der Waals surface area contributed by atoms with Crippen LogP contribution in [-0.2, 0) is 11.5 Å². The van der Waals surface area contributed by atoms with Crippen molar-refractivity contribution < 1.29 is 9.32 Å². The molecule has 11 heteroatoms. The quantitative estimate of drug-likeness (QED) is 0.285. The van der Waals surface area contributed by atoms with Gasteiger partial charge in [0, 0.05) is 28.6 Å². The topological polar surface area (TPSA) is 93.8 Å². The van der Waals surface area contributed by atoms with Gasteiger partial charge in [-0.25, -0.2) is 4.98 Å². The third kappa shape index (κ3) is 5.44. The van der Waals surface area contributed by atoms with E-state index in [0.717, 1.165) is 21.5 Å². The molecule has 0 aliphatic rings. The number of carbonyl (C=O) groups is 1. The molecular formula is C18H15N5O2S4. The van der Waals surface area contributed by atoms with Gasteiger partial charge in [-0.1, -0.05) is 46.1 Å². The van der Waals surface area contributed by atoms with Crippen molar-refractivity contribution in [2.75, 3.05) is 5.32 Å². The lowest BCUT2D eigenvalue weighted by molar-refractivity contribution is 0.102. The normalized spacial score (nSPS) is 10.9. The average molecular weight is 462 g/mol. The van der Waals surface area contributed by atoms with Gasteiger partial charge < -0.3 is 4.52 Å². The summed E-state index contributed by atoms with van der Waals surface area (Å²) < 4.78 is 5.89. The molecule has 0 saturated carbocycles. The molecule has 0 radical (unpaired) electrons. The van der Waals surface area contributed by atoms with Gasteiger partial charge in [-0.05, 0) is 30.5 Å². The number of carbonyl (C=O) groups excluding carboxylic acids is 1. The zero-order chi connectivity index (χ0) is 20.1. The van der Waals surface area contributed by atoms with Crippen LogP contribution in [0.25, 0.3) is 0 Å². The number of pyridine rings is 1. The predicted octanol–water partition coefficient (Wildman–Crippen LogP) is 5.13. The standard InChI is InChI=1S/C18H15N5O2S4/c1-11-8-12(23-25-11)9-27-16-14(5-2-6-19-16)15(24)20-17-21-22-18(29-17)28-10-13-4-3-7-26-13/h2-8H,9-10H2,1H3,(H,20,21,24). The molecule has 0 spiro atoms. The predicted molar refractivity (Wildman–Crippen MR) is 117 cm³/mol. The number of aryl methyl sites for hydroxylation is 1. The number of thioether (sulfide) groups is 2. The number of hydrogen-bond donors (Lipinski definition) is 1. The Bertz CT molecular complexity index is 1090. The molecule has 4 heterocycles. The average Bonchev–Trinajstić information content (AvgIpc) is 3.47. The number of aromatic nitrogens is 4. The van der Waals surface area contributed by atoms with Crippen molar-refractivity contribution in [2.24, 2.45) is 0 Å². The Kier molecular flexibility index (Phi) is 6.60. The Labute approximate surface area is 183 Å². The van der Waals surface area contributed by atoms with Gasteiger partial charge in [-0.3, -0.25) is 10.1 Å². The molecule has 1 N–H and O–H groups in total. The van der Waals surface area contributed by atoms with Gasteiger partial charge in [-0.15, -0.1) is 21.5 Å². The van der Waals surface area contributed by atoms with Crippen molar-refractivity contribution in [3.05, 3.63) is 63.8 Å². The minimum atomic E-state index is -0.261. The van der Waals surface area contributed by atoms with E-state index in [-0.39, 0.29) is 5.91 Å². The van der Waals surface area contributed by atoms with E-state index in [0.29, 0.717) is 21.5 Å². The number of thiophene rings is 1. The van der Waals surface area contributed by atoms with E-state index in [9.17, 15) is 4.79 Å². The zero-order valence-corrected chi connectivity index (χ0v) is 18.5. The van der Waals surface area contributed by atoms with Gasteiger partial charge >= 0.3 is 0 Å². The number of amides is 1. The third-order valence-electron chi connectivity index (χ3n) is 3.59. The summed E-state index contributed by atoms with van der Waals surface area (Å²) in [4.78, 5) is 18.3. The fourth-order valence-corrected chi connectivity index (χ4v) is 5.71. The fourth-order valence-electron chi connectivity index (χ4n) is 2.32. The Balaban J connectivity index is 1.38. The van der Waals surface area contributed by atoms with E-state index in [1.54, 1.807) is 41.4 Å². The number of nitrogens with one attached hydrogen (secondary N) is 1. The summed E-state index contributed by atoms with van der Waals surface area (Å²) in [5, 5.41) is 18.2. The molecule has 0 unspecified atom stereocenters. The monoisotopic (exact) mass is 461 g/mol. The lowest BCUT2D eigenvalue weighted by atomic mass is 10.3. The maximum absolute atomic E-state index is 12.7. The second kappa shape index (κ2) is 9.53. The van der Waals surface area contributed by atoms with Crippen LogP contribution in [-0.4, -0.2) is 26.2 Å². The molecule has 148 valence electrons. The van der Waals surface area contributed by atoms with Crippen LogP contribution in [0.15, 0.2) is 55.8 Å². The first-order valence-corrected chi connectivity index (χ1v) is 12.1. The highest BCUT2D eigenvalue weighted by atomic mass is 32.2. The highest BCUT2D eigenvalue weighted by molar-refractivity contribution is 8.00. The molecule has 0 bridgehead atoms. The summed E-state index contributed by atoms with van der Waals surface area (Å²) in [7, 11) is 0. The molecule has 4 aromatic heterocycles. The van der Waals surface area contributed by atoms with Crippen molar-refractivity contribution in [1.29, 1.82) is 0 Å². The van der Waals surface area contributed by atoms with E-state index in [4.69, 9.17) is 4.52 Å². The maximum Gasteiger partial charge on any atom is 0.260 e. The van der Waals surface area contributed by atoms with Crippen LogP contribution in [0.5, 0.6) is 0 Å². The van der Waals surface area contributed by atoms with Crippen LogP contribution in [0.2, 0.25) is 0 Å². The molecule has 7 nitrogen and oxygen atoms in total. The van der Waals surface area contributed by atoms with E-state index in [1.807, 2.05) is 19.1 Å². The molecule has 4 rings (SSSR count). The summed E-state index contributed by atoms with van der Waals surface area (Å²) in [6.45, 7) is 1.84. The van der Waals surface area contributed by atoms with Crippen molar-refractivity contribution in [2.45, 2.75) is 27.8 Å². The van der Waals surface area contributed by atoms with Crippen LogP contribution in [0, 0.1) is 6.92 Å². The highest BCUT2D eigenvalue weighted by Gasteiger charge is 2.16. The zero-order valence-electron chi connectivity index (χ0n) is 15.2. The van der Waals surface area contributed by atoms with E-state index in [2.05, 4.69) is 37.1 Å². The van der Waals surface area contributed by atoms with E-state index < -0.39 is 0 Å². The molecule has 0 saturated heterocycles.